The first-order chi connectivity index (χ1) is 15.2. The summed E-state index contributed by atoms with van der Waals surface area (Å²) in [7, 11) is 3.30. The van der Waals surface area contributed by atoms with Crippen molar-refractivity contribution in [2.24, 2.45) is 5.92 Å². The Hall–Kier alpha value is -2.54. The first-order valence-corrected chi connectivity index (χ1v) is 11.4. The number of benzene rings is 1. The number of methoxy groups -OCH3 is 2. The monoisotopic (exact) mass is 426 g/mol. The Morgan fingerprint density at radius 1 is 1.23 bits per heavy atom. The third-order valence-corrected chi connectivity index (χ3v) is 6.84. The van der Waals surface area contributed by atoms with Gasteiger partial charge in [0.05, 0.1) is 26.6 Å². The summed E-state index contributed by atoms with van der Waals surface area (Å²) in [5.74, 6) is 2.38. The third-order valence-electron chi connectivity index (χ3n) is 6.84. The summed E-state index contributed by atoms with van der Waals surface area (Å²) >= 11 is 0. The number of rotatable bonds is 8. The van der Waals surface area contributed by atoms with E-state index in [0.29, 0.717) is 24.9 Å². The minimum Gasteiger partial charge on any atom is -0.497 e. The summed E-state index contributed by atoms with van der Waals surface area (Å²) < 4.78 is 10.8. The molecule has 1 saturated heterocycles. The van der Waals surface area contributed by atoms with Gasteiger partial charge in [-0.25, -0.2) is 4.98 Å². The minimum atomic E-state index is -0.312. The van der Waals surface area contributed by atoms with Gasteiger partial charge < -0.3 is 24.7 Å². The third kappa shape index (κ3) is 5.03. The van der Waals surface area contributed by atoms with Crippen molar-refractivity contribution < 1.29 is 14.3 Å². The zero-order valence-corrected chi connectivity index (χ0v) is 18.6. The van der Waals surface area contributed by atoms with Gasteiger partial charge in [0.25, 0.3) is 0 Å². The topological polar surface area (TPSA) is 79.5 Å². The van der Waals surface area contributed by atoms with Crippen LogP contribution in [-0.4, -0.2) is 53.6 Å². The number of amides is 1. The highest BCUT2D eigenvalue weighted by Crippen LogP contribution is 2.35. The number of nitrogens with one attached hydrogen (secondary N) is 2. The summed E-state index contributed by atoms with van der Waals surface area (Å²) in [6.07, 6.45) is 11.4. The Morgan fingerprint density at radius 2 is 2.06 bits per heavy atom. The predicted octanol–water partition coefficient (Wildman–Crippen LogP) is 3.31. The number of carbonyl (C=O) groups is 1. The Kier molecular flexibility index (Phi) is 7.12. The second-order valence-electron chi connectivity index (χ2n) is 8.68. The molecule has 1 saturated carbocycles. The van der Waals surface area contributed by atoms with E-state index in [1.165, 1.54) is 25.7 Å². The Labute approximate surface area is 184 Å². The number of fused-ring (bicyclic) bond motifs is 1. The van der Waals surface area contributed by atoms with Gasteiger partial charge in [-0.15, -0.1) is 0 Å². The minimum absolute atomic E-state index is 0.207. The first-order valence-electron chi connectivity index (χ1n) is 11.4. The molecule has 0 bridgehead atoms. The summed E-state index contributed by atoms with van der Waals surface area (Å²) in [6.45, 7) is 1.41. The van der Waals surface area contributed by atoms with Gasteiger partial charge in [0, 0.05) is 49.1 Å². The highest BCUT2D eigenvalue weighted by molar-refractivity contribution is 5.82. The molecule has 7 heteroatoms. The average Bonchev–Trinajstić information content (AvgIpc) is 3.34. The first kappa shape index (κ1) is 21.7. The molecule has 7 nitrogen and oxygen atoms in total. The molecule has 2 heterocycles. The lowest BCUT2D eigenvalue weighted by Crippen LogP contribution is -2.56. The van der Waals surface area contributed by atoms with Gasteiger partial charge in [-0.2, -0.15) is 0 Å². The molecule has 0 spiro atoms. The lowest BCUT2D eigenvalue weighted by Gasteiger charge is -2.45. The summed E-state index contributed by atoms with van der Waals surface area (Å²) in [4.78, 5) is 23.2. The zero-order valence-electron chi connectivity index (χ0n) is 18.6. The number of piperidine rings is 1. The van der Waals surface area contributed by atoms with Crippen LogP contribution in [0.4, 0.5) is 0 Å². The fraction of sp³-hybridized carbons (Fsp3) is 0.583. The molecule has 1 aliphatic heterocycles. The van der Waals surface area contributed by atoms with E-state index in [2.05, 4.69) is 20.2 Å². The van der Waals surface area contributed by atoms with Crippen molar-refractivity contribution in [2.45, 2.75) is 63.6 Å². The van der Waals surface area contributed by atoms with E-state index in [-0.39, 0.29) is 11.9 Å². The van der Waals surface area contributed by atoms with Crippen molar-refractivity contribution in [3.63, 3.8) is 0 Å². The second-order valence-corrected chi connectivity index (χ2v) is 8.68. The second kappa shape index (κ2) is 10.2. The molecule has 0 unspecified atom stereocenters. The molecule has 2 aromatic rings. The maximum Gasteiger partial charge on any atom is 0.240 e. The van der Waals surface area contributed by atoms with Gasteiger partial charge in [-0.1, -0.05) is 18.9 Å². The number of H-pyrrole nitrogens is 1. The molecule has 1 aromatic carbocycles. The number of ether oxygens (including phenoxy) is 2. The Balaban J connectivity index is 1.51. The standard InChI is InChI=1S/C24H34N4O3/c1-30-20-10-9-18(23(13-20)31-2)14-26-21(12-19-15-25-16-27-19)24(29)28-11-5-7-17-6-3-4-8-22(17)28/h9-10,13,15-17,21-22,26H,3-8,11-12,14H2,1-2H3,(H,25,27)/t17-,21-,22+/m1/s1. The number of carbonyl (C=O) groups excluding carboxylic acids is 1. The van der Waals surface area contributed by atoms with Crippen LogP contribution in [0.5, 0.6) is 11.5 Å². The smallest absolute Gasteiger partial charge is 0.240 e. The predicted molar refractivity (Wildman–Crippen MR) is 119 cm³/mol. The van der Waals surface area contributed by atoms with Crippen LogP contribution in [0.15, 0.2) is 30.7 Å². The molecule has 2 aliphatic rings. The van der Waals surface area contributed by atoms with E-state index in [9.17, 15) is 4.79 Å². The molecule has 168 valence electrons. The summed E-state index contributed by atoms with van der Waals surface area (Å²) in [5.41, 5.74) is 1.96. The van der Waals surface area contributed by atoms with Crippen molar-refractivity contribution in [1.82, 2.24) is 20.2 Å². The van der Waals surface area contributed by atoms with Gasteiger partial charge in [0.1, 0.15) is 11.5 Å². The molecule has 3 atom stereocenters. The van der Waals surface area contributed by atoms with Crippen LogP contribution in [-0.2, 0) is 17.8 Å². The van der Waals surface area contributed by atoms with Gasteiger partial charge in [0.15, 0.2) is 0 Å². The number of aromatic nitrogens is 2. The number of hydrogen-bond donors (Lipinski definition) is 2. The SMILES string of the molecule is COc1ccc(CN[C@H](Cc2cnc[nH]2)C(=O)N2CCC[C@H]3CCCC[C@@H]32)c(OC)c1. The van der Waals surface area contributed by atoms with Crippen LogP contribution in [0, 0.1) is 5.92 Å². The fourth-order valence-corrected chi connectivity index (χ4v) is 5.19. The molecule has 0 radical (unpaired) electrons. The zero-order chi connectivity index (χ0) is 21.6. The molecule has 1 aliphatic carbocycles. The summed E-state index contributed by atoms with van der Waals surface area (Å²) in [6, 6.07) is 5.87. The van der Waals surface area contributed by atoms with E-state index in [1.54, 1.807) is 26.7 Å². The number of aromatic amines is 1. The van der Waals surface area contributed by atoms with E-state index in [4.69, 9.17) is 9.47 Å². The maximum atomic E-state index is 13.7. The highest BCUT2D eigenvalue weighted by atomic mass is 16.5. The van der Waals surface area contributed by atoms with E-state index in [0.717, 1.165) is 42.1 Å². The van der Waals surface area contributed by atoms with Crippen molar-refractivity contribution in [3.8, 4) is 11.5 Å². The van der Waals surface area contributed by atoms with Crippen molar-refractivity contribution >= 4 is 5.91 Å². The van der Waals surface area contributed by atoms with Gasteiger partial charge in [-0.05, 0) is 37.7 Å². The molecular formula is C24H34N4O3. The van der Waals surface area contributed by atoms with Crippen molar-refractivity contribution in [3.05, 3.63) is 42.0 Å². The van der Waals surface area contributed by atoms with Crippen molar-refractivity contribution in [2.75, 3.05) is 20.8 Å². The normalized spacial score (nSPS) is 21.9. The van der Waals surface area contributed by atoms with Crippen LogP contribution < -0.4 is 14.8 Å². The largest absolute Gasteiger partial charge is 0.497 e. The fourth-order valence-electron chi connectivity index (χ4n) is 5.19. The van der Waals surface area contributed by atoms with Gasteiger partial charge in [-0.3, -0.25) is 4.79 Å². The molecule has 4 rings (SSSR count). The number of nitrogens with zero attached hydrogens (tertiary/aromatic N) is 2. The van der Waals surface area contributed by atoms with E-state index >= 15 is 0 Å². The quantitative estimate of drug-likeness (QED) is 0.677. The van der Waals surface area contributed by atoms with E-state index in [1.807, 2.05) is 18.2 Å². The molecule has 31 heavy (non-hydrogen) atoms. The van der Waals surface area contributed by atoms with Crippen LogP contribution in [0.3, 0.4) is 0 Å². The molecule has 2 N–H and O–H groups in total. The lowest BCUT2D eigenvalue weighted by molar-refractivity contribution is -0.140. The average molecular weight is 427 g/mol. The van der Waals surface area contributed by atoms with Gasteiger partial charge >= 0.3 is 0 Å². The number of hydrogen-bond acceptors (Lipinski definition) is 5. The van der Waals surface area contributed by atoms with Crippen LogP contribution in [0.2, 0.25) is 0 Å². The number of imidazole rings is 1. The van der Waals surface area contributed by atoms with Crippen LogP contribution in [0.1, 0.15) is 49.8 Å². The molecule has 2 fully saturated rings. The molecular weight excluding hydrogens is 392 g/mol. The maximum absolute atomic E-state index is 13.7. The number of likely N-dealkylation sites (tertiary alicyclic amines) is 1. The molecule has 1 aromatic heterocycles. The molecule has 1 amide bonds. The van der Waals surface area contributed by atoms with Gasteiger partial charge in [0.2, 0.25) is 5.91 Å². The lowest BCUT2D eigenvalue weighted by atomic mass is 9.78. The Morgan fingerprint density at radius 3 is 2.84 bits per heavy atom. The van der Waals surface area contributed by atoms with Crippen LogP contribution >= 0.6 is 0 Å². The van der Waals surface area contributed by atoms with Crippen molar-refractivity contribution in [1.29, 1.82) is 0 Å². The highest BCUT2D eigenvalue weighted by Gasteiger charge is 2.38. The van der Waals surface area contributed by atoms with E-state index < -0.39 is 0 Å². The Bertz CT molecular complexity index is 853. The summed E-state index contributed by atoms with van der Waals surface area (Å²) in [5, 5.41) is 3.52. The van der Waals surface area contributed by atoms with Crippen LogP contribution in [0.25, 0.3) is 0 Å².